The highest BCUT2D eigenvalue weighted by Crippen LogP contribution is 2.39. The number of aromatic nitrogens is 4. The van der Waals surface area contributed by atoms with Gasteiger partial charge in [-0.25, -0.2) is 14.6 Å². The number of anilines is 1. The molecule has 4 aromatic rings. The van der Waals surface area contributed by atoms with Crippen LogP contribution >= 0.6 is 0 Å². The van der Waals surface area contributed by atoms with Crippen molar-refractivity contribution >= 4 is 22.6 Å². The number of rotatable bonds is 10. The lowest BCUT2D eigenvalue weighted by molar-refractivity contribution is -0.125. The second-order valence-corrected chi connectivity index (χ2v) is 11.6. The fourth-order valence-electron chi connectivity index (χ4n) is 5.85. The lowest BCUT2D eigenvalue weighted by Crippen LogP contribution is -2.38. The van der Waals surface area contributed by atoms with Crippen molar-refractivity contribution in [2.75, 3.05) is 19.8 Å². The van der Waals surface area contributed by atoms with E-state index < -0.39 is 0 Å². The highest BCUT2D eigenvalue weighted by molar-refractivity contribution is 5.98. The van der Waals surface area contributed by atoms with Gasteiger partial charge in [0.25, 0.3) is 0 Å². The number of nitrogen functional groups attached to an aromatic ring is 1. The van der Waals surface area contributed by atoms with Gasteiger partial charge in [-0.15, -0.1) is 0 Å². The maximum atomic E-state index is 13.1. The van der Waals surface area contributed by atoms with Crippen LogP contribution in [0.4, 0.5) is 5.82 Å². The van der Waals surface area contributed by atoms with E-state index in [4.69, 9.17) is 15.6 Å². The molecule has 2 N–H and O–H groups in total. The van der Waals surface area contributed by atoms with E-state index >= 15 is 0 Å². The van der Waals surface area contributed by atoms with Crippen molar-refractivity contribution in [1.29, 1.82) is 0 Å². The molecule has 0 radical (unpaired) electrons. The second-order valence-electron chi connectivity index (χ2n) is 11.6. The van der Waals surface area contributed by atoms with Gasteiger partial charge in [-0.05, 0) is 94.4 Å². The van der Waals surface area contributed by atoms with E-state index in [0.29, 0.717) is 29.9 Å². The Bertz CT molecular complexity index is 1420. The molecule has 1 aliphatic rings. The predicted molar refractivity (Wildman–Crippen MR) is 159 cm³/mol. The standard InChI is InChI=1S/C32H40N6O2/c1-21(2)18-27(37(3)4)28(39)19-22-10-14-24(15-11-22)38-32-29(31(33)34-20-35-32)30(36-38)23-12-16-26(17-13-23)40-25-8-6-5-7-9-25/h5-9,12-13,16-17,20-22,24,27H,10-11,14-15,18-19H2,1-4H3,(H2,33,34,35)/t22?,24?,27-/m0/s1. The Labute approximate surface area is 236 Å². The summed E-state index contributed by atoms with van der Waals surface area (Å²) in [7, 11) is 4.03. The number of Topliss-reactive ketones (excluding diaryl/α,β-unsaturated/α-hetero) is 1. The van der Waals surface area contributed by atoms with Crippen molar-refractivity contribution in [3.05, 3.63) is 60.9 Å². The van der Waals surface area contributed by atoms with Gasteiger partial charge in [0.1, 0.15) is 35.1 Å². The van der Waals surface area contributed by atoms with Gasteiger partial charge in [-0.2, -0.15) is 5.10 Å². The molecule has 0 aliphatic heterocycles. The van der Waals surface area contributed by atoms with E-state index in [0.717, 1.165) is 65.9 Å². The van der Waals surface area contributed by atoms with Crippen LogP contribution in [-0.4, -0.2) is 50.6 Å². The van der Waals surface area contributed by atoms with Gasteiger partial charge in [-0.1, -0.05) is 32.0 Å². The lowest BCUT2D eigenvalue weighted by atomic mass is 9.81. The van der Waals surface area contributed by atoms with Gasteiger partial charge < -0.3 is 10.5 Å². The molecule has 1 atom stereocenters. The molecule has 210 valence electrons. The summed E-state index contributed by atoms with van der Waals surface area (Å²) in [6, 6.07) is 17.8. The third-order valence-corrected chi connectivity index (χ3v) is 7.97. The second kappa shape index (κ2) is 12.2. The molecule has 8 heteroatoms. The number of nitrogens with two attached hydrogens (primary N) is 1. The zero-order valence-corrected chi connectivity index (χ0v) is 24.0. The Kier molecular flexibility index (Phi) is 8.45. The summed E-state index contributed by atoms with van der Waals surface area (Å²) in [5.41, 5.74) is 8.84. The molecule has 2 aromatic heterocycles. The number of ketones is 1. The Hall–Kier alpha value is -3.78. The third-order valence-electron chi connectivity index (χ3n) is 7.97. The maximum absolute atomic E-state index is 13.1. The van der Waals surface area contributed by atoms with E-state index in [9.17, 15) is 4.79 Å². The largest absolute Gasteiger partial charge is 0.457 e. The van der Waals surface area contributed by atoms with E-state index in [2.05, 4.69) is 28.7 Å². The molecule has 0 bridgehead atoms. The van der Waals surface area contributed by atoms with Gasteiger partial charge in [0.05, 0.1) is 17.5 Å². The smallest absolute Gasteiger partial charge is 0.164 e. The third kappa shape index (κ3) is 6.17. The molecule has 40 heavy (non-hydrogen) atoms. The van der Waals surface area contributed by atoms with Crippen molar-refractivity contribution in [1.82, 2.24) is 24.6 Å². The molecule has 0 spiro atoms. The van der Waals surface area contributed by atoms with E-state index in [-0.39, 0.29) is 12.1 Å². The summed E-state index contributed by atoms with van der Waals surface area (Å²) in [6.07, 6.45) is 6.99. The predicted octanol–water partition coefficient (Wildman–Crippen LogP) is 6.53. The Morgan fingerprint density at radius 2 is 1.68 bits per heavy atom. The minimum atomic E-state index is -0.000466. The van der Waals surface area contributed by atoms with Gasteiger partial charge in [0.15, 0.2) is 5.65 Å². The normalized spacial score (nSPS) is 18.4. The number of nitrogens with zero attached hydrogens (tertiary/aromatic N) is 5. The van der Waals surface area contributed by atoms with Crippen LogP contribution in [0.1, 0.15) is 58.4 Å². The zero-order chi connectivity index (χ0) is 28.2. The van der Waals surface area contributed by atoms with E-state index in [1.165, 1.54) is 6.33 Å². The summed E-state index contributed by atoms with van der Waals surface area (Å²) in [6.45, 7) is 4.36. The number of carbonyl (C=O) groups excluding carboxylic acids is 1. The fourth-order valence-corrected chi connectivity index (χ4v) is 5.85. The number of fused-ring (bicyclic) bond motifs is 1. The average Bonchev–Trinajstić information content (AvgIpc) is 3.34. The first-order valence-electron chi connectivity index (χ1n) is 14.3. The van der Waals surface area contributed by atoms with Crippen LogP contribution in [-0.2, 0) is 4.79 Å². The number of benzene rings is 2. The van der Waals surface area contributed by atoms with Crippen molar-refractivity contribution < 1.29 is 9.53 Å². The zero-order valence-electron chi connectivity index (χ0n) is 24.0. The minimum Gasteiger partial charge on any atom is -0.457 e. The van der Waals surface area contributed by atoms with E-state index in [1.54, 1.807) is 0 Å². The molecular formula is C32H40N6O2. The van der Waals surface area contributed by atoms with Crippen molar-refractivity contribution in [3.63, 3.8) is 0 Å². The molecular weight excluding hydrogens is 500 g/mol. The minimum absolute atomic E-state index is 0.000466. The van der Waals surface area contributed by atoms with Crippen molar-refractivity contribution in [2.24, 2.45) is 11.8 Å². The molecule has 5 rings (SSSR count). The molecule has 2 aromatic carbocycles. The van der Waals surface area contributed by atoms with Gasteiger partial charge in [0, 0.05) is 12.0 Å². The Morgan fingerprint density at radius 1 is 1.00 bits per heavy atom. The van der Waals surface area contributed by atoms with Crippen LogP contribution in [0, 0.1) is 11.8 Å². The van der Waals surface area contributed by atoms with Crippen molar-refractivity contribution in [3.8, 4) is 22.8 Å². The van der Waals surface area contributed by atoms with Gasteiger partial charge in [0.2, 0.25) is 0 Å². The van der Waals surface area contributed by atoms with Crippen LogP contribution in [0.5, 0.6) is 11.5 Å². The molecule has 8 nitrogen and oxygen atoms in total. The van der Waals surface area contributed by atoms with Gasteiger partial charge in [-0.3, -0.25) is 9.69 Å². The summed E-state index contributed by atoms with van der Waals surface area (Å²) < 4.78 is 8.00. The highest BCUT2D eigenvalue weighted by atomic mass is 16.5. The summed E-state index contributed by atoms with van der Waals surface area (Å²) >= 11 is 0. The number of ether oxygens (including phenoxy) is 1. The quantitative estimate of drug-likeness (QED) is 0.244. The first-order valence-corrected chi connectivity index (χ1v) is 14.3. The summed E-state index contributed by atoms with van der Waals surface area (Å²) in [5.74, 6) is 3.25. The molecule has 2 heterocycles. The number of hydrogen-bond acceptors (Lipinski definition) is 7. The van der Waals surface area contributed by atoms with Crippen molar-refractivity contribution in [2.45, 2.75) is 64.5 Å². The van der Waals surface area contributed by atoms with Crippen LogP contribution in [0.25, 0.3) is 22.3 Å². The summed E-state index contributed by atoms with van der Waals surface area (Å²) in [4.78, 5) is 24.1. The lowest BCUT2D eigenvalue weighted by Gasteiger charge is -2.31. The van der Waals surface area contributed by atoms with Crippen LogP contribution in [0.3, 0.4) is 0 Å². The molecule has 1 saturated carbocycles. The average molecular weight is 541 g/mol. The number of carbonyl (C=O) groups is 1. The van der Waals surface area contributed by atoms with Gasteiger partial charge >= 0.3 is 0 Å². The Balaban J connectivity index is 1.32. The molecule has 1 aliphatic carbocycles. The first-order chi connectivity index (χ1) is 19.3. The topological polar surface area (TPSA) is 99.2 Å². The SMILES string of the molecule is CC(C)C[C@@H](C(=O)CC1CCC(n2nc(-c3ccc(Oc4ccccc4)cc3)c3c(N)ncnc32)CC1)N(C)C. The number of para-hydroxylation sites is 1. The molecule has 0 amide bonds. The monoisotopic (exact) mass is 540 g/mol. The maximum Gasteiger partial charge on any atom is 0.164 e. The van der Waals surface area contributed by atoms with Crippen LogP contribution in [0.2, 0.25) is 0 Å². The molecule has 1 fully saturated rings. The fraction of sp³-hybridized carbons (Fsp3) is 0.438. The Morgan fingerprint density at radius 3 is 2.33 bits per heavy atom. The highest BCUT2D eigenvalue weighted by Gasteiger charge is 2.30. The molecule has 0 unspecified atom stereocenters. The van der Waals surface area contributed by atoms with Crippen LogP contribution < -0.4 is 10.5 Å². The van der Waals surface area contributed by atoms with Crippen LogP contribution in [0.15, 0.2) is 60.9 Å². The first kappa shape index (κ1) is 27.8. The number of likely N-dealkylation sites (N-methyl/N-ethyl adjacent to an activating group) is 1. The summed E-state index contributed by atoms with van der Waals surface area (Å²) in [5, 5.41) is 5.82. The molecule has 0 saturated heterocycles. The van der Waals surface area contributed by atoms with E-state index in [1.807, 2.05) is 73.4 Å². The number of hydrogen-bond donors (Lipinski definition) is 1.